The molecule has 2 amide bonds. The van der Waals surface area contributed by atoms with Gasteiger partial charge in [0.1, 0.15) is 0 Å². The molecule has 0 heterocycles. The van der Waals surface area contributed by atoms with Crippen LogP contribution in [-0.4, -0.2) is 41.6 Å². The Labute approximate surface area is 103 Å². The number of urea groups is 1. The molecule has 0 aromatic carbocycles. The number of carbonyl (C=O) groups is 1. The van der Waals surface area contributed by atoms with Crippen molar-refractivity contribution >= 4 is 17.8 Å². The van der Waals surface area contributed by atoms with Crippen LogP contribution in [0.5, 0.6) is 0 Å². The first-order chi connectivity index (χ1) is 7.67. The molecule has 0 spiro atoms. The van der Waals surface area contributed by atoms with Crippen molar-refractivity contribution in [3.8, 4) is 0 Å². The summed E-state index contributed by atoms with van der Waals surface area (Å²) < 4.78 is 0. The van der Waals surface area contributed by atoms with Crippen LogP contribution in [-0.2, 0) is 0 Å². The zero-order chi connectivity index (χ0) is 12.0. The lowest BCUT2D eigenvalue weighted by atomic mass is 9.95. The van der Waals surface area contributed by atoms with E-state index in [1.165, 1.54) is 18.6 Å². The molecule has 1 fully saturated rings. The minimum absolute atomic E-state index is 0.0784. The standard InChI is InChI=1S/C12H24N2OS/c1-4-14(3)12(15)13-10-7-6-8-11(9-10)16-5-2/h10-11H,4-9H2,1-3H3,(H,13,15). The number of rotatable bonds is 4. The molecule has 2 unspecified atom stereocenters. The molecule has 1 aliphatic rings. The minimum Gasteiger partial charge on any atom is -0.335 e. The van der Waals surface area contributed by atoms with Crippen LogP contribution in [0.2, 0.25) is 0 Å². The first-order valence-electron chi connectivity index (χ1n) is 6.30. The average Bonchev–Trinajstić information content (AvgIpc) is 2.29. The largest absolute Gasteiger partial charge is 0.335 e. The van der Waals surface area contributed by atoms with Gasteiger partial charge in [-0.25, -0.2) is 4.79 Å². The molecule has 0 aromatic heterocycles. The second-order valence-corrected chi connectivity index (χ2v) is 5.98. The minimum atomic E-state index is 0.0784. The van der Waals surface area contributed by atoms with Crippen molar-refractivity contribution < 1.29 is 4.79 Å². The molecule has 3 nitrogen and oxygen atoms in total. The van der Waals surface area contributed by atoms with E-state index in [-0.39, 0.29) is 6.03 Å². The van der Waals surface area contributed by atoms with Crippen LogP contribution in [0.15, 0.2) is 0 Å². The van der Waals surface area contributed by atoms with Crippen LogP contribution >= 0.6 is 11.8 Å². The highest BCUT2D eigenvalue weighted by molar-refractivity contribution is 7.99. The van der Waals surface area contributed by atoms with Crippen LogP contribution in [0.1, 0.15) is 39.5 Å². The summed E-state index contributed by atoms with van der Waals surface area (Å²) in [5.41, 5.74) is 0. The first-order valence-corrected chi connectivity index (χ1v) is 7.35. The zero-order valence-corrected chi connectivity index (χ0v) is 11.5. The highest BCUT2D eigenvalue weighted by Crippen LogP contribution is 2.28. The monoisotopic (exact) mass is 244 g/mol. The van der Waals surface area contributed by atoms with E-state index in [1.807, 2.05) is 25.7 Å². The van der Waals surface area contributed by atoms with Gasteiger partial charge in [-0.15, -0.1) is 0 Å². The van der Waals surface area contributed by atoms with Crippen LogP contribution in [0.25, 0.3) is 0 Å². The molecule has 0 bridgehead atoms. The van der Waals surface area contributed by atoms with E-state index in [4.69, 9.17) is 0 Å². The van der Waals surface area contributed by atoms with Crippen molar-refractivity contribution in [2.75, 3.05) is 19.3 Å². The molecular formula is C12H24N2OS. The van der Waals surface area contributed by atoms with E-state index >= 15 is 0 Å². The number of amides is 2. The third kappa shape index (κ3) is 4.24. The molecule has 1 N–H and O–H groups in total. The van der Waals surface area contributed by atoms with E-state index in [0.717, 1.165) is 24.6 Å². The first kappa shape index (κ1) is 13.7. The van der Waals surface area contributed by atoms with Gasteiger partial charge in [0.05, 0.1) is 0 Å². The molecule has 1 saturated carbocycles. The number of hydrogen-bond acceptors (Lipinski definition) is 2. The molecule has 0 aliphatic heterocycles. The van der Waals surface area contributed by atoms with Crippen LogP contribution in [0.4, 0.5) is 4.79 Å². The van der Waals surface area contributed by atoms with Crippen LogP contribution < -0.4 is 5.32 Å². The Kier molecular flexibility index (Phi) is 6.03. The number of carbonyl (C=O) groups excluding carboxylic acids is 1. The molecule has 4 heteroatoms. The second-order valence-electron chi connectivity index (χ2n) is 4.40. The van der Waals surface area contributed by atoms with Gasteiger partial charge in [0.2, 0.25) is 0 Å². The van der Waals surface area contributed by atoms with Gasteiger partial charge in [-0.2, -0.15) is 11.8 Å². The lowest BCUT2D eigenvalue weighted by molar-refractivity contribution is 0.203. The summed E-state index contributed by atoms with van der Waals surface area (Å²) in [4.78, 5) is 13.4. The Morgan fingerprint density at radius 1 is 1.44 bits per heavy atom. The van der Waals surface area contributed by atoms with E-state index in [1.54, 1.807) is 4.90 Å². The van der Waals surface area contributed by atoms with Gasteiger partial charge < -0.3 is 10.2 Å². The molecule has 94 valence electrons. The van der Waals surface area contributed by atoms with Gasteiger partial charge in [0, 0.05) is 24.9 Å². The van der Waals surface area contributed by atoms with Gasteiger partial charge in [0.15, 0.2) is 0 Å². The van der Waals surface area contributed by atoms with E-state index in [0.29, 0.717) is 6.04 Å². The fourth-order valence-electron chi connectivity index (χ4n) is 2.09. The summed E-state index contributed by atoms with van der Waals surface area (Å²) in [6.07, 6.45) is 4.85. The Bertz CT molecular complexity index is 221. The molecule has 2 atom stereocenters. The highest BCUT2D eigenvalue weighted by Gasteiger charge is 2.23. The predicted octanol–water partition coefficient (Wildman–Crippen LogP) is 2.71. The number of thioether (sulfide) groups is 1. The van der Waals surface area contributed by atoms with E-state index in [2.05, 4.69) is 12.2 Å². The Hall–Kier alpha value is -0.380. The van der Waals surface area contributed by atoms with E-state index in [9.17, 15) is 4.79 Å². The Morgan fingerprint density at radius 3 is 2.81 bits per heavy atom. The smallest absolute Gasteiger partial charge is 0.317 e. The summed E-state index contributed by atoms with van der Waals surface area (Å²) >= 11 is 2.03. The maximum Gasteiger partial charge on any atom is 0.317 e. The normalized spacial score (nSPS) is 25.2. The van der Waals surface area contributed by atoms with Crippen molar-refractivity contribution in [1.29, 1.82) is 0 Å². The van der Waals surface area contributed by atoms with Gasteiger partial charge in [-0.1, -0.05) is 13.3 Å². The quantitative estimate of drug-likeness (QED) is 0.824. The SMILES string of the molecule is CCSC1CCCC(NC(=O)N(C)CC)C1. The summed E-state index contributed by atoms with van der Waals surface area (Å²) in [5.74, 6) is 1.18. The summed E-state index contributed by atoms with van der Waals surface area (Å²) in [6.45, 7) is 4.97. The highest BCUT2D eigenvalue weighted by atomic mass is 32.2. The van der Waals surface area contributed by atoms with Crippen LogP contribution in [0.3, 0.4) is 0 Å². The van der Waals surface area contributed by atoms with Gasteiger partial charge in [0.25, 0.3) is 0 Å². The van der Waals surface area contributed by atoms with Crippen LogP contribution in [0, 0.1) is 0 Å². The third-order valence-electron chi connectivity index (χ3n) is 3.18. The van der Waals surface area contributed by atoms with Crippen molar-refractivity contribution in [1.82, 2.24) is 10.2 Å². The predicted molar refractivity (Wildman–Crippen MR) is 71.0 cm³/mol. The molecule has 1 rings (SSSR count). The molecule has 0 aromatic rings. The fourth-order valence-corrected chi connectivity index (χ4v) is 3.26. The van der Waals surface area contributed by atoms with Crippen molar-refractivity contribution in [3.05, 3.63) is 0 Å². The summed E-state index contributed by atoms with van der Waals surface area (Å²) in [5, 5.41) is 3.88. The topological polar surface area (TPSA) is 32.3 Å². The maximum atomic E-state index is 11.7. The van der Waals surface area contributed by atoms with Gasteiger partial charge >= 0.3 is 6.03 Å². The Balaban J connectivity index is 2.33. The van der Waals surface area contributed by atoms with Gasteiger partial charge in [-0.05, 0) is 31.9 Å². The number of hydrogen-bond donors (Lipinski definition) is 1. The Morgan fingerprint density at radius 2 is 2.19 bits per heavy atom. The zero-order valence-electron chi connectivity index (χ0n) is 10.7. The van der Waals surface area contributed by atoms with Gasteiger partial charge in [-0.3, -0.25) is 0 Å². The van der Waals surface area contributed by atoms with Crippen molar-refractivity contribution in [2.24, 2.45) is 0 Å². The van der Waals surface area contributed by atoms with Crippen molar-refractivity contribution in [3.63, 3.8) is 0 Å². The molecule has 1 aliphatic carbocycles. The second kappa shape index (κ2) is 7.05. The average molecular weight is 244 g/mol. The molecule has 16 heavy (non-hydrogen) atoms. The molecule has 0 radical (unpaired) electrons. The number of nitrogens with zero attached hydrogens (tertiary/aromatic N) is 1. The lowest BCUT2D eigenvalue weighted by Gasteiger charge is -2.30. The van der Waals surface area contributed by atoms with Crippen molar-refractivity contribution in [2.45, 2.75) is 50.8 Å². The summed E-state index contributed by atoms with van der Waals surface area (Å²) in [6, 6.07) is 0.467. The fraction of sp³-hybridized carbons (Fsp3) is 0.917. The maximum absolute atomic E-state index is 11.7. The molecule has 0 saturated heterocycles. The third-order valence-corrected chi connectivity index (χ3v) is 4.41. The molecular weight excluding hydrogens is 220 g/mol. The number of nitrogens with one attached hydrogen (secondary N) is 1. The summed E-state index contributed by atoms with van der Waals surface area (Å²) in [7, 11) is 1.84. The lowest BCUT2D eigenvalue weighted by Crippen LogP contribution is -2.45. The van der Waals surface area contributed by atoms with E-state index < -0.39 is 0 Å².